The van der Waals surface area contributed by atoms with Crippen molar-refractivity contribution in [3.8, 4) is 0 Å². The molecule has 20 heavy (non-hydrogen) atoms. The molecule has 2 fully saturated rings. The lowest BCUT2D eigenvalue weighted by Gasteiger charge is -2.35. The molecule has 2 aliphatic rings. The third-order valence-corrected chi connectivity index (χ3v) is 4.20. The molecule has 1 unspecified atom stereocenters. The first-order valence-electron chi connectivity index (χ1n) is 7.68. The highest BCUT2D eigenvalue weighted by Crippen LogP contribution is 2.23. The summed E-state index contributed by atoms with van der Waals surface area (Å²) in [4.78, 5) is 1.63. The van der Waals surface area contributed by atoms with E-state index in [1.807, 2.05) is 0 Å². The Morgan fingerprint density at radius 2 is 1.90 bits per heavy atom. The number of halogens is 3. The van der Waals surface area contributed by atoms with Crippen LogP contribution in [0.25, 0.3) is 0 Å². The van der Waals surface area contributed by atoms with Crippen LogP contribution in [0.5, 0.6) is 0 Å². The molecule has 0 radical (unpaired) electrons. The monoisotopic (exact) mass is 294 g/mol. The summed E-state index contributed by atoms with van der Waals surface area (Å²) in [5, 5.41) is 3.21. The molecule has 6 heteroatoms. The third kappa shape index (κ3) is 5.58. The zero-order chi connectivity index (χ0) is 14.4. The molecular formula is C14H25F3N2O. The quantitative estimate of drug-likeness (QED) is 0.815. The first-order valence-corrected chi connectivity index (χ1v) is 7.68. The van der Waals surface area contributed by atoms with Crippen LogP contribution >= 0.6 is 0 Å². The maximum atomic E-state index is 12.7. The second kappa shape index (κ2) is 7.61. The minimum atomic E-state index is -4.10. The van der Waals surface area contributed by atoms with Crippen LogP contribution in [-0.4, -0.2) is 56.0 Å². The molecule has 0 aromatic heterocycles. The van der Waals surface area contributed by atoms with Crippen molar-refractivity contribution < 1.29 is 17.9 Å². The molecule has 0 aliphatic carbocycles. The van der Waals surface area contributed by atoms with E-state index < -0.39 is 12.7 Å². The van der Waals surface area contributed by atoms with Crippen LogP contribution in [0.2, 0.25) is 0 Å². The Bertz CT molecular complexity index is 274. The molecule has 0 aromatic rings. The minimum absolute atomic E-state index is 0.0716. The average molecular weight is 294 g/mol. The van der Waals surface area contributed by atoms with Crippen molar-refractivity contribution in [2.75, 3.05) is 32.8 Å². The van der Waals surface area contributed by atoms with Gasteiger partial charge in [-0.25, -0.2) is 0 Å². The van der Waals surface area contributed by atoms with E-state index >= 15 is 0 Å². The van der Waals surface area contributed by atoms with Crippen LogP contribution in [0.3, 0.4) is 0 Å². The van der Waals surface area contributed by atoms with Crippen molar-refractivity contribution in [3.63, 3.8) is 0 Å². The lowest BCUT2D eigenvalue weighted by Crippen LogP contribution is -2.47. The lowest BCUT2D eigenvalue weighted by atomic mass is 10.0. The number of piperidine rings is 1. The van der Waals surface area contributed by atoms with Crippen LogP contribution in [0, 0.1) is 0 Å². The van der Waals surface area contributed by atoms with E-state index in [2.05, 4.69) is 5.32 Å². The summed E-state index contributed by atoms with van der Waals surface area (Å²) in [6.07, 6.45) is 1.64. The normalized spacial score (nSPS) is 25.5. The molecule has 1 atom stereocenters. The van der Waals surface area contributed by atoms with Gasteiger partial charge in [0.25, 0.3) is 0 Å². The number of nitrogens with zero attached hydrogens (tertiary/aromatic N) is 1. The first-order chi connectivity index (χ1) is 9.54. The SMILES string of the molecule is FC(F)(F)CN(CCCC1CCCO1)C1CCNCC1. The van der Waals surface area contributed by atoms with E-state index in [4.69, 9.17) is 4.74 Å². The number of rotatable bonds is 6. The molecule has 2 aliphatic heterocycles. The Kier molecular flexibility index (Phi) is 6.11. The van der Waals surface area contributed by atoms with E-state index in [9.17, 15) is 13.2 Å². The Morgan fingerprint density at radius 1 is 1.15 bits per heavy atom. The van der Waals surface area contributed by atoms with Gasteiger partial charge in [0.15, 0.2) is 0 Å². The molecule has 0 saturated carbocycles. The number of ether oxygens (including phenoxy) is 1. The molecule has 2 saturated heterocycles. The van der Waals surface area contributed by atoms with Gasteiger partial charge < -0.3 is 10.1 Å². The minimum Gasteiger partial charge on any atom is -0.378 e. The molecule has 118 valence electrons. The van der Waals surface area contributed by atoms with Crippen molar-refractivity contribution in [2.24, 2.45) is 0 Å². The largest absolute Gasteiger partial charge is 0.401 e. The van der Waals surface area contributed by atoms with E-state index in [1.165, 1.54) is 0 Å². The predicted octanol–water partition coefficient (Wildman–Crippen LogP) is 2.56. The fraction of sp³-hybridized carbons (Fsp3) is 1.00. The number of alkyl halides is 3. The Hall–Kier alpha value is -0.330. The van der Waals surface area contributed by atoms with Crippen molar-refractivity contribution in [3.05, 3.63) is 0 Å². The summed E-state index contributed by atoms with van der Waals surface area (Å²) in [5.41, 5.74) is 0. The van der Waals surface area contributed by atoms with Gasteiger partial charge in [-0.1, -0.05) is 0 Å². The molecular weight excluding hydrogens is 269 g/mol. The van der Waals surface area contributed by atoms with Gasteiger partial charge >= 0.3 is 6.18 Å². The first kappa shape index (κ1) is 16.0. The highest BCUT2D eigenvalue weighted by atomic mass is 19.4. The molecule has 0 spiro atoms. The maximum absolute atomic E-state index is 12.7. The summed E-state index contributed by atoms with van der Waals surface area (Å²) in [6.45, 7) is 2.22. The highest BCUT2D eigenvalue weighted by Gasteiger charge is 2.34. The molecule has 1 N–H and O–H groups in total. The highest BCUT2D eigenvalue weighted by molar-refractivity contribution is 4.80. The van der Waals surface area contributed by atoms with Crippen LogP contribution < -0.4 is 5.32 Å². The van der Waals surface area contributed by atoms with Crippen molar-refractivity contribution >= 4 is 0 Å². The Labute approximate surface area is 118 Å². The van der Waals surface area contributed by atoms with Gasteiger partial charge in [0.2, 0.25) is 0 Å². The standard InChI is InChI=1S/C14H25F3N2O/c15-14(16,17)11-19(12-5-7-18-8-6-12)9-1-3-13-4-2-10-20-13/h12-13,18H,1-11H2. The van der Waals surface area contributed by atoms with E-state index in [0.29, 0.717) is 6.54 Å². The van der Waals surface area contributed by atoms with Crippen molar-refractivity contribution in [1.29, 1.82) is 0 Å². The fourth-order valence-corrected chi connectivity index (χ4v) is 3.19. The van der Waals surface area contributed by atoms with Crippen molar-refractivity contribution in [1.82, 2.24) is 10.2 Å². The second-order valence-electron chi connectivity index (χ2n) is 5.84. The van der Waals surface area contributed by atoms with E-state index in [1.54, 1.807) is 4.90 Å². The lowest BCUT2D eigenvalue weighted by molar-refractivity contribution is -0.152. The Balaban J connectivity index is 1.78. The molecule has 3 nitrogen and oxygen atoms in total. The molecule has 0 bridgehead atoms. The second-order valence-corrected chi connectivity index (χ2v) is 5.84. The molecule has 2 heterocycles. The predicted molar refractivity (Wildman–Crippen MR) is 71.7 cm³/mol. The molecule has 2 rings (SSSR count). The summed E-state index contributed by atoms with van der Waals surface area (Å²) >= 11 is 0. The van der Waals surface area contributed by atoms with Gasteiger partial charge in [0.05, 0.1) is 12.6 Å². The van der Waals surface area contributed by atoms with Gasteiger partial charge in [-0.05, 0) is 58.2 Å². The summed E-state index contributed by atoms with van der Waals surface area (Å²) in [6, 6.07) is 0.0716. The van der Waals surface area contributed by atoms with Gasteiger partial charge in [-0.15, -0.1) is 0 Å². The zero-order valence-electron chi connectivity index (χ0n) is 11.9. The summed E-state index contributed by atoms with van der Waals surface area (Å²) < 4.78 is 43.7. The number of hydrogen-bond acceptors (Lipinski definition) is 3. The Morgan fingerprint density at radius 3 is 2.50 bits per heavy atom. The van der Waals surface area contributed by atoms with Gasteiger partial charge in [0, 0.05) is 12.6 Å². The van der Waals surface area contributed by atoms with E-state index in [-0.39, 0.29) is 12.1 Å². The third-order valence-electron chi connectivity index (χ3n) is 4.20. The summed E-state index contributed by atoms with van der Waals surface area (Å²) in [5.74, 6) is 0. The molecule has 0 amide bonds. The topological polar surface area (TPSA) is 24.5 Å². The zero-order valence-corrected chi connectivity index (χ0v) is 11.9. The molecule has 0 aromatic carbocycles. The van der Waals surface area contributed by atoms with Crippen LogP contribution in [0.4, 0.5) is 13.2 Å². The maximum Gasteiger partial charge on any atom is 0.401 e. The smallest absolute Gasteiger partial charge is 0.378 e. The number of hydrogen-bond donors (Lipinski definition) is 1. The van der Waals surface area contributed by atoms with Crippen LogP contribution in [-0.2, 0) is 4.74 Å². The van der Waals surface area contributed by atoms with Crippen LogP contribution in [0.15, 0.2) is 0 Å². The van der Waals surface area contributed by atoms with Gasteiger partial charge in [-0.3, -0.25) is 4.90 Å². The number of nitrogens with one attached hydrogen (secondary N) is 1. The van der Waals surface area contributed by atoms with Crippen LogP contribution in [0.1, 0.15) is 38.5 Å². The van der Waals surface area contributed by atoms with Gasteiger partial charge in [-0.2, -0.15) is 13.2 Å². The summed E-state index contributed by atoms with van der Waals surface area (Å²) in [7, 11) is 0. The van der Waals surface area contributed by atoms with E-state index in [0.717, 1.165) is 58.2 Å². The average Bonchev–Trinajstić information content (AvgIpc) is 2.90. The van der Waals surface area contributed by atoms with Gasteiger partial charge in [0.1, 0.15) is 0 Å². The fourth-order valence-electron chi connectivity index (χ4n) is 3.19. The van der Waals surface area contributed by atoms with Crippen molar-refractivity contribution in [2.45, 2.75) is 56.8 Å².